The van der Waals surface area contributed by atoms with Crippen molar-refractivity contribution in [2.45, 2.75) is 44.1 Å². The monoisotopic (exact) mass is 412 g/mol. The predicted octanol–water partition coefficient (Wildman–Crippen LogP) is 4.86. The van der Waals surface area contributed by atoms with Crippen molar-refractivity contribution in [3.63, 3.8) is 0 Å². The van der Waals surface area contributed by atoms with Crippen LogP contribution in [0, 0.1) is 4.77 Å². The van der Waals surface area contributed by atoms with E-state index >= 15 is 0 Å². The number of carbonyl (C=O) groups is 1. The second-order valence-corrected chi connectivity index (χ2v) is 8.78. The fourth-order valence-electron chi connectivity index (χ4n) is 4.18. The number of nitrogens with zero attached hydrogens (tertiary/aromatic N) is 2. The maximum Gasteiger partial charge on any atom is 0.242 e. The summed E-state index contributed by atoms with van der Waals surface area (Å²) < 4.78 is 2.27. The molecule has 1 saturated carbocycles. The normalized spacial score (nSPS) is 16.8. The number of aromatic nitrogens is 3. The van der Waals surface area contributed by atoms with Crippen molar-refractivity contribution in [1.82, 2.24) is 20.1 Å². The summed E-state index contributed by atoms with van der Waals surface area (Å²) in [5, 5.41) is 12.4. The first kappa shape index (κ1) is 19.1. The number of hydrogen-bond donors (Lipinski definition) is 2. The van der Waals surface area contributed by atoms with Crippen molar-refractivity contribution in [2.24, 2.45) is 0 Å². The molecular formula is C21H24N4OS2. The summed E-state index contributed by atoms with van der Waals surface area (Å²) in [4.78, 5) is 14.0. The molecular weight excluding hydrogens is 388 g/mol. The van der Waals surface area contributed by atoms with Crippen molar-refractivity contribution in [3.05, 3.63) is 58.2 Å². The largest absolute Gasteiger partial charge is 0.353 e. The van der Waals surface area contributed by atoms with E-state index in [-0.39, 0.29) is 11.3 Å². The number of H-pyrrole nitrogens is 1. The zero-order valence-corrected chi connectivity index (χ0v) is 17.5. The summed E-state index contributed by atoms with van der Waals surface area (Å²) in [5.41, 5.74) is 1.35. The molecule has 1 amide bonds. The molecule has 5 nitrogen and oxygen atoms in total. The second-order valence-electron chi connectivity index (χ2n) is 7.45. The fraction of sp³-hybridized carbons (Fsp3) is 0.381. The van der Waals surface area contributed by atoms with Crippen LogP contribution in [0.5, 0.6) is 0 Å². The van der Waals surface area contributed by atoms with Gasteiger partial charge in [0.15, 0.2) is 10.6 Å². The lowest BCUT2D eigenvalue weighted by molar-refractivity contribution is -0.124. The molecule has 1 aromatic carbocycles. The van der Waals surface area contributed by atoms with Crippen molar-refractivity contribution in [2.75, 3.05) is 6.54 Å². The molecule has 0 saturated heterocycles. The quantitative estimate of drug-likeness (QED) is 0.569. The van der Waals surface area contributed by atoms with Gasteiger partial charge in [-0.25, -0.2) is 0 Å². The Morgan fingerprint density at radius 1 is 1.29 bits per heavy atom. The number of rotatable bonds is 6. The molecule has 7 heteroatoms. The maximum atomic E-state index is 13.0. The topological polar surface area (TPSA) is 62.7 Å². The van der Waals surface area contributed by atoms with Crippen LogP contribution in [0.3, 0.4) is 0 Å². The van der Waals surface area contributed by atoms with Crippen LogP contribution < -0.4 is 5.32 Å². The molecule has 1 fully saturated rings. The summed E-state index contributed by atoms with van der Waals surface area (Å²) in [7, 11) is 0. The first-order chi connectivity index (χ1) is 13.6. The zero-order valence-electron chi connectivity index (χ0n) is 15.9. The Kier molecular flexibility index (Phi) is 5.46. The second kappa shape index (κ2) is 8.01. The molecule has 146 valence electrons. The SMILES string of the molecule is CC(C(=O)NCC1(c2ccccc2)CCCC1)n1c(-c2cccs2)n[nH]c1=S. The van der Waals surface area contributed by atoms with Gasteiger partial charge in [-0.1, -0.05) is 49.2 Å². The van der Waals surface area contributed by atoms with Crippen molar-refractivity contribution in [3.8, 4) is 10.7 Å². The first-order valence-electron chi connectivity index (χ1n) is 9.65. The van der Waals surface area contributed by atoms with Gasteiger partial charge in [-0.15, -0.1) is 11.3 Å². The average molecular weight is 413 g/mol. The van der Waals surface area contributed by atoms with Crippen LogP contribution >= 0.6 is 23.6 Å². The Hall–Kier alpha value is -2.25. The lowest BCUT2D eigenvalue weighted by Crippen LogP contribution is -2.41. The third kappa shape index (κ3) is 3.56. The van der Waals surface area contributed by atoms with Gasteiger partial charge in [-0.2, -0.15) is 5.10 Å². The van der Waals surface area contributed by atoms with E-state index in [0.717, 1.165) is 17.7 Å². The number of aromatic amines is 1. The van der Waals surface area contributed by atoms with E-state index < -0.39 is 6.04 Å². The van der Waals surface area contributed by atoms with Gasteiger partial charge in [0.05, 0.1) is 4.88 Å². The van der Waals surface area contributed by atoms with E-state index in [1.807, 2.05) is 30.5 Å². The van der Waals surface area contributed by atoms with Crippen LogP contribution in [-0.4, -0.2) is 27.2 Å². The highest BCUT2D eigenvalue weighted by Gasteiger charge is 2.36. The Morgan fingerprint density at radius 2 is 2.04 bits per heavy atom. The van der Waals surface area contributed by atoms with Crippen LogP contribution in [0.1, 0.15) is 44.2 Å². The van der Waals surface area contributed by atoms with E-state index in [1.165, 1.54) is 18.4 Å². The number of benzene rings is 1. The minimum absolute atomic E-state index is 0.0301. The number of hydrogen-bond acceptors (Lipinski definition) is 4. The van der Waals surface area contributed by atoms with E-state index in [0.29, 0.717) is 17.1 Å². The lowest BCUT2D eigenvalue weighted by atomic mass is 9.79. The van der Waals surface area contributed by atoms with Crippen molar-refractivity contribution >= 4 is 29.5 Å². The highest BCUT2D eigenvalue weighted by atomic mass is 32.1. The third-order valence-corrected chi connectivity index (χ3v) is 6.91. The average Bonchev–Trinajstić information content (AvgIpc) is 3.47. The van der Waals surface area contributed by atoms with Crippen LogP contribution in [-0.2, 0) is 10.2 Å². The summed E-state index contributed by atoms with van der Waals surface area (Å²) >= 11 is 6.98. The smallest absolute Gasteiger partial charge is 0.242 e. The molecule has 2 aromatic heterocycles. The Morgan fingerprint density at radius 3 is 2.71 bits per heavy atom. The van der Waals surface area contributed by atoms with Crippen LogP contribution in [0.4, 0.5) is 0 Å². The predicted molar refractivity (Wildman–Crippen MR) is 115 cm³/mol. The van der Waals surface area contributed by atoms with Gasteiger partial charge in [0.1, 0.15) is 6.04 Å². The van der Waals surface area contributed by atoms with E-state index in [1.54, 1.807) is 15.9 Å². The Labute approximate surface area is 173 Å². The van der Waals surface area contributed by atoms with Gasteiger partial charge in [0, 0.05) is 12.0 Å². The molecule has 3 aromatic rings. The van der Waals surface area contributed by atoms with Gasteiger partial charge in [0.2, 0.25) is 5.91 Å². The first-order valence-corrected chi connectivity index (χ1v) is 10.9. The summed E-state index contributed by atoms with van der Waals surface area (Å²) in [6.07, 6.45) is 4.62. The van der Waals surface area contributed by atoms with Gasteiger partial charge in [-0.05, 0) is 49.0 Å². The van der Waals surface area contributed by atoms with Gasteiger partial charge >= 0.3 is 0 Å². The highest BCUT2D eigenvalue weighted by Crippen LogP contribution is 2.40. The molecule has 0 radical (unpaired) electrons. The summed E-state index contributed by atoms with van der Waals surface area (Å²) in [6.45, 7) is 2.53. The fourth-order valence-corrected chi connectivity index (χ4v) is 5.18. The lowest BCUT2D eigenvalue weighted by Gasteiger charge is -2.30. The van der Waals surface area contributed by atoms with Crippen LogP contribution in [0.2, 0.25) is 0 Å². The summed E-state index contributed by atoms with van der Waals surface area (Å²) in [6, 6.07) is 14.1. The number of thiophene rings is 1. The van der Waals surface area contributed by atoms with Crippen LogP contribution in [0.25, 0.3) is 10.7 Å². The van der Waals surface area contributed by atoms with Gasteiger partial charge < -0.3 is 5.32 Å². The molecule has 1 aliphatic rings. The minimum atomic E-state index is -0.433. The standard InChI is InChI=1S/C21H24N4OS2/c1-15(25-18(23-24-20(25)27)17-10-7-13-28-17)19(26)22-14-21(11-5-6-12-21)16-8-3-2-4-9-16/h2-4,7-10,13,15H,5-6,11-12,14H2,1H3,(H,22,26)(H,24,27). The Balaban J connectivity index is 1.53. The molecule has 2 N–H and O–H groups in total. The number of nitrogens with one attached hydrogen (secondary N) is 2. The maximum absolute atomic E-state index is 13.0. The minimum Gasteiger partial charge on any atom is -0.353 e. The van der Waals surface area contributed by atoms with E-state index in [9.17, 15) is 4.79 Å². The molecule has 0 aliphatic heterocycles. The molecule has 0 spiro atoms. The molecule has 1 atom stereocenters. The third-order valence-electron chi connectivity index (χ3n) is 5.76. The molecule has 2 heterocycles. The van der Waals surface area contributed by atoms with E-state index in [2.05, 4.69) is 39.8 Å². The molecule has 1 unspecified atom stereocenters. The summed E-state index contributed by atoms with van der Waals surface area (Å²) in [5.74, 6) is 0.679. The molecule has 28 heavy (non-hydrogen) atoms. The molecule has 0 bridgehead atoms. The van der Waals surface area contributed by atoms with Crippen molar-refractivity contribution < 1.29 is 4.79 Å². The number of carbonyl (C=O) groups excluding carboxylic acids is 1. The zero-order chi connectivity index (χ0) is 19.6. The Bertz CT molecular complexity index is 985. The van der Waals surface area contributed by atoms with Crippen molar-refractivity contribution in [1.29, 1.82) is 0 Å². The molecule has 1 aliphatic carbocycles. The van der Waals surface area contributed by atoms with Crippen LogP contribution in [0.15, 0.2) is 47.8 Å². The molecule has 4 rings (SSSR count). The highest BCUT2D eigenvalue weighted by molar-refractivity contribution is 7.71. The van der Waals surface area contributed by atoms with Gasteiger partial charge in [-0.3, -0.25) is 14.5 Å². The van der Waals surface area contributed by atoms with Gasteiger partial charge in [0.25, 0.3) is 0 Å². The van der Waals surface area contributed by atoms with E-state index in [4.69, 9.17) is 12.2 Å². The number of amides is 1.